The summed E-state index contributed by atoms with van der Waals surface area (Å²) in [5.41, 5.74) is 2.54. The van der Waals surface area contributed by atoms with Crippen molar-refractivity contribution in [3.63, 3.8) is 0 Å². The van der Waals surface area contributed by atoms with E-state index in [1.807, 2.05) is 0 Å². The smallest absolute Gasteiger partial charge is 0.376 e. The number of hydrogen-bond donors (Lipinski definition) is 0. The lowest BCUT2D eigenvalue weighted by Crippen LogP contribution is -2.64. The van der Waals surface area contributed by atoms with Crippen molar-refractivity contribution in [1.82, 2.24) is 0 Å². The van der Waals surface area contributed by atoms with Gasteiger partial charge in [-0.2, -0.15) is 0 Å². The van der Waals surface area contributed by atoms with Crippen molar-refractivity contribution < 1.29 is 13.6 Å². The topological polar surface area (TPSA) is 27.7 Å². The molecule has 1 aliphatic rings. The zero-order chi connectivity index (χ0) is 16.1. The Bertz CT molecular complexity index is 462. The molecule has 0 radical (unpaired) electrons. The molecule has 0 aromatic heterocycles. The Hall–Kier alpha value is -0.683. The second kappa shape index (κ2) is 7.73. The van der Waals surface area contributed by atoms with Crippen molar-refractivity contribution >= 4 is 8.56 Å². The van der Waals surface area contributed by atoms with Gasteiger partial charge in [-0.25, -0.2) is 0 Å². The third-order valence-corrected chi connectivity index (χ3v) is 9.04. The van der Waals surface area contributed by atoms with E-state index in [0.29, 0.717) is 19.8 Å². The molecule has 124 valence electrons. The summed E-state index contributed by atoms with van der Waals surface area (Å²) in [6.45, 7) is 10.4. The molecule has 1 unspecified atom stereocenters. The summed E-state index contributed by atoms with van der Waals surface area (Å²) >= 11 is 0. The van der Waals surface area contributed by atoms with Crippen molar-refractivity contribution in [1.29, 1.82) is 0 Å². The third-order valence-electron chi connectivity index (χ3n) is 4.63. The molecule has 2 rings (SSSR count). The molecular formula is C18H30O3Si. The summed E-state index contributed by atoms with van der Waals surface area (Å²) in [6, 6.07) is 9.58. The standard InChI is InChI=1S/C18H30O3Si/c1-5-19-18(17-13-9-8-12-16(17)4)14-10-11-15-22(18,20-6-2)21-7-3/h8-9,12-13H,5-7,10-11,14-15H2,1-4H3. The first kappa shape index (κ1) is 17.7. The van der Waals surface area contributed by atoms with Crippen molar-refractivity contribution in [2.45, 2.75) is 58.2 Å². The van der Waals surface area contributed by atoms with Crippen LogP contribution in [0.4, 0.5) is 0 Å². The van der Waals surface area contributed by atoms with Crippen LogP contribution < -0.4 is 0 Å². The maximum Gasteiger partial charge on any atom is 0.376 e. The normalized spacial score (nSPS) is 24.4. The largest absolute Gasteiger partial charge is 0.393 e. The third kappa shape index (κ3) is 3.02. The molecule has 1 saturated heterocycles. The molecule has 1 heterocycles. The van der Waals surface area contributed by atoms with Gasteiger partial charge in [0.05, 0.1) is 0 Å². The average Bonchev–Trinajstić information content (AvgIpc) is 2.51. The predicted molar refractivity (Wildman–Crippen MR) is 92.1 cm³/mol. The second-order valence-electron chi connectivity index (χ2n) is 5.90. The zero-order valence-electron chi connectivity index (χ0n) is 14.5. The van der Waals surface area contributed by atoms with Gasteiger partial charge in [-0.05, 0) is 51.3 Å². The van der Waals surface area contributed by atoms with E-state index >= 15 is 0 Å². The van der Waals surface area contributed by atoms with Gasteiger partial charge in [0.1, 0.15) is 5.22 Å². The van der Waals surface area contributed by atoms with E-state index < -0.39 is 8.56 Å². The minimum atomic E-state index is -2.48. The minimum absolute atomic E-state index is 0.378. The maximum absolute atomic E-state index is 6.47. The summed E-state index contributed by atoms with van der Waals surface area (Å²) in [6.07, 6.45) is 3.34. The quantitative estimate of drug-likeness (QED) is 0.693. The Kier molecular flexibility index (Phi) is 6.21. The van der Waals surface area contributed by atoms with Crippen LogP contribution in [0.5, 0.6) is 0 Å². The summed E-state index contributed by atoms with van der Waals surface area (Å²) in [5, 5.41) is -0.378. The molecule has 3 nitrogen and oxygen atoms in total. The first-order chi connectivity index (χ1) is 10.7. The van der Waals surface area contributed by atoms with Crippen LogP contribution in [0.2, 0.25) is 6.04 Å². The van der Waals surface area contributed by atoms with E-state index in [0.717, 1.165) is 12.5 Å². The van der Waals surface area contributed by atoms with Gasteiger partial charge in [0.2, 0.25) is 0 Å². The van der Waals surface area contributed by atoms with Crippen molar-refractivity contribution in [2.75, 3.05) is 19.8 Å². The molecule has 1 atom stereocenters. The summed E-state index contributed by atoms with van der Waals surface area (Å²) in [4.78, 5) is 0. The summed E-state index contributed by atoms with van der Waals surface area (Å²) < 4.78 is 19.2. The molecule has 0 aliphatic carbocycles. The van der Waals surface area contributed by atoms with E-state index in [1.165, 1.54) is 24.0 Å². The molecule has 0 amide bonds. The molecule has 0 bridgehead atoms. The Morgan fingerprint density at radius 3 is 2.27 bits per heavy atom. The van der Waals surface area contributed by atoms with E-state index in [-0.39, 0.29) is 5.22 Å². The number of ether oxygens (including phenoxy) is 1. The van der Waals surface area contributed by atoms with E-state index in [2.05, 4.69) is 52.0 Å². The highest BCUT2D eigenvalue weighted by molar-refractivity contribution is 6.70. The SMILES string of the molecule is CCOC1(c2ccccc2C)CCCC[Si]1(OCC)OCC. The van der Waals surface area contributed by atoms with Crippen LogP contribution in [-0.4, -0.2) is 28.4 Å². The van der Waals surface area contributed by atoms with E-state index in [9.17, 15) is 0 Å². The van der Waals surface area contributed by atoms with Gasteiger partial charge in [-0.1, -0.05) is 37.1 Å². The van der Waals surface area contributed by atoms with Gasteiger partial charge in [0.25, 0.3) is 0 Å². The molecule has 0 saturated carbocycles. The lowest BCUT2D eigenvalue weighted by atomic mass is 9.97. The Labute approximate surface area is 136 Å². The van der Waals surface area contributed by atoms with Crippen LogP contribution in [0.25, 0.3) is 0 Å². The van der Waals surface area contributed by atoms with Gasteiger partial charge in [0, 0.05) is 19.8 Å². The van der Waals surface area contributed by atoms with Crippen molar-refractivity contribution in [3.05, 3.63) is 35.4 Å². The first-order valence-electron chi connectivity index (χ1n) is 8.63. The number of benzene rings is 1. The molecule has 0 N–H and O–H groups in total. The maximum atomic E-state index is 6.47. The Balaban J connectivity index is 2.59. The number of hydrogen-bond acceptors (Lipinski definition) is 3. The molecule has 1 aromatic carbocycles. The second-order valence-corrected chi connectivity index (χ2v) is 9.29. The van der Waals surface area contributed by atoms with Crippen LogP contribution in [0.15, 0.2) is 24.3 Å². The number of rotatable bonds is 7. The van der Waals surface area contributed by atoms with Crippen molar-refractivity contribution in [2.24, 2.45) is 0 Å². The fourth-order valence-electron chi connectivity index (χ4n) is 3.88. The summed E-state index contributed by atoms with van der Waals surface area (Å²) in [5.74, 6) is 0. The van der Waals surface area contributed by atoms with Crippen LogP contribution in [-0.2, 0) is 18.8 Å². The average molecular weight is 323 g/mol. The van der Waals surface area contributed by atoms with Crippen LogP contribution in [0, 0.1) is 6.92 Å². The van der Waals surface area contributed by atoms with Gasteiger partial charge >= 0.3 is 8.56 Å². The molecule has 4 heteroatoms. The molecule has 0 spiro atoms. The summed E-state index contributed by atoms with van der Waals surface area (Å²) in [7, 11) is -2.48. The van der Waals surface area contributed by atoms with Gasteiger partial charge in [0.15, 0.2) is 0 Å². The Morgan fingerprint density at radius 1 is 1.00 bits per heavy atom. The minimum Gasteiger partial charge on any atom is -0.393 e. The fourth-order valence-corrected chi connectivity index (χ4v) is 8.38. The van der Waals surface area contributed by atoms with Crippen LogP contribution >= 0.6 is 0 Å². The van der Waals surface area contributed by atoms with E-state index in [4.69, 9.17) is 13.6 Å². The fraction of sp³-hybridized carbons (Fsp3) is 0.667. The van der Waals surface area contributed by atoms with Crippen LogP contribution in [0.3, 0.4) is 0 Å². The molecule has 1 fully saturated rings. The Morgan fingerprint density at radius 2 is 1.68 bits per heavy atom. The molecule has 1 aromatic rings. The number of aryl methyl sites for hydroxylation is 1. The zero-order valence-corrected chi connectivity index (χ0v) is 15.5. The highest BCUT2D eigenvalue weighted by Gasteiger charge is 2.61. The lowest BCUT2D eigenvalue weighted by molar-refractivity contribution is -0.0451. The highest BCUT2D eigenvalue weighted by Crippen LogP contribution is 2.48. The molecular weight excluding hydrogens is 292 g/mol. The molecule has 22 heavy (non-hydrogen) atoms. The van der Waals surface area contributed by atoms with Crippen LogP contribution in [0.1, 0.15) is 51.2 Å². The predicted octanol–water partition coefficient (Wildman–Crippen LogP) is 4.47. The van der Waals surface area contributed by atoms with Gasteiger partial charge in [-0.3, -0.25) is 0 Å². The first-order valence-corrected chi connectivity index (χ1v) is 10.7. The van der Waals surface area contributed by atoms with E-state index in [1.54, 1.807) is 0 Å². The monoisotopic (exact) mass is 322 g/mol. The van der Waals surface area contributed by atoms with Crippen molar-refractivity contribution in [3.8, 4) is 0 Å². The lowest BCUT2D eigenvalue weighted by Gasteiger charge is -2.50. The van der Waals surface area contributed by atoms with Gasteiger partial charge < -0.3 is 13.6 Å². The van der Waals surface area contributed by atoms with Gasteiger partial charge in [-0.15, -0.1) is 0 Å². The molecule has 1 aliphatic heterocycles. The highest BCUT2D eigenvalue weighted by atomic mass is 28.4.